The van der Waals surface area contributed by atoms with E-state index in [1.165, 1.54) is 4.80 Å². The van der Waals surface area contributed by atoms with E-state index in [1.54, 1.807) is 24.1 Å². The third-order valence-corrected chi connectivity index (χ3v) is 4.68. The summed E-state index contributed by atoms with van der Waals surface area (Å²) in [5.74, 6) is 0.471. The molecule has 3 heterocycles. The molecule has 9 nitrogen and oxygen atoms in total. The lowest BCUT2D eigenvalue weighted by Crippen LogP contribution is -2.64. The van der Waals surface area contributed by atoms with E-state index in [9.17, 15) is 9.59 Å². The van der Waals surface area contributed by atoms with Crippen molar-refractivity contribution in [3.8, 4) is 11.4 Å². The van der Waals surface area contributed by atoms with Crippen LogP contribution in [-0.2, 0) is 11.8 Å². The summed E-state index contributed by atoms with van der Waals surface area (Å²) in [4.78, 5) is 30.1. The summed E-state index contributed by atoms with van der Waals surface area (Å²) in [6.07, 6.45) is 0. The fourth-order valence-electron chi connectivity index (χ4n) is 3.31. The van der Waals surface area contributed by atoms with Gasteiger partial charge in [0.1, 0.15) is 6.04 Å². The van der Waals surface area contributed by atoms with Crippen molar-refractivity contribution in [1.82, 2.24) is 35.3 Å². The molecule has 0 aliphatic carbocycles. The third-order valence-electron chi connectivity index (χ3n) is 4.68. The molecule has 25 heavy (non-hydrogen) atoms. The van der Waals surface area contributed by atoms with E-state index in [0.717, 1.165) is 18.7 Å². The van der Waals surface area contributed by atoms with E-state index < -0.39 is 0 Å². The number of aryl methyl sites for hydroxylation is 1. The minimum Gasteiger partial charge on any atom is -0.353 e. The predicted molar refractivity (Wildman–Crippen MR) is 88.5 cm³/mol. The zero-order valence-corrected chi connectivity index (χ0v) is 13.9. The molecule has 1 aromatic heterocycles. The van der Waals surface area contributed by atoms with Gasteiger partial charge in [0.25, 0.3) is 5.91 Å². The number of tetrazole rings is 1. The van der Waals surface area contributed by atoms with Crippen molar-refractivity contribution in [3.63, 3.8) is 0 Å². The highest BCUT2D eigenvalue weighted by Crippen LogP contribution is 2.18. The number of benzene rings is 1. The lowest BCUT2D eigenvalue weighted by molar-refractivity contribution is -0.131. The van der Waals surface area contributed by atoms with Crippen molar-refractivity contribution < 1.29 is 9.59 Å². The lowest BCUT2D eigenvalue weighted by Gasteiger charge is -2.43. The topological polar surface area (TPSA) is 96.3 Å². The summed E-state index contributed by atoms with van der Waals surface area (Å²) in [6.45, 7) is 3.32. The number of piperazine rings is 2. The summed E-state index contributed by atoms with van der Waals surface area (Å²) in [6, 6.07) is 6.92. The van der Waals surface area contributed by atoms with Crippen LogP contribution in [0.25, 0.3) is 11.4 Å². The average molecular weight is 341 g/mol. The Balaban J connectivity index is 1.48. The monoisotopic (exact) mass is 341 g/mol. The average Bonchev–Trinajstić information content (AvgIpc) is 3.08. The molecule has 2 amide bonds. The summed E-state index contributed by atoms with van der Waals surface area (Å²) in [7, 11) is 1.70. The Kier molecular flexibility index (Phi) is 3.92. The van der Waals surface area contributed by atoms with Gasteiger partial charge in [-0.25, -0.2) is 0 Å². The number of carbonyl (C=O) groups is 2. The van der Waals surface area contributed by atoms with Crippen molar-refractivity contribution >= 4 is 11.8 Å². The summed E-state index contributed by atoms with van der Waals surface area (Å²) in [5, 5.41) is 14.8. The molecule has 0 saturated carbocycles. The van der Waals surface area contributed by atoms with Crippen LogP contribution in [-0.4, -0.2) is 80.6 Å². The normalized spacial score (nSPS) is 20.9. The first-order chi connectivity index (χ1) is 12.1. The van der Waals surface area contributed by atoms with Gasteiger partial charge >= 0.3 is 0 Å². The van der Waals surface area contributed by atoms with Crippen LogP contribution in [0.3, 0.4) is 0 Å². The third kappa shape index (κ3) is 2.98. The molecule has 4 rings (SSSR count). The van der Waals surface area contributed by atoms with Crippen LogP contribution in [0, 0.1) is 0 Å². The number of hydrogen-bond donors (Lipinski definition) is 1. The molecule has 0 radical (unpaired) electrons. The van der Waals surface area contributed by atoms with Gasteiger partial charge in [-0.1, -0.05) is 12.1 Å². The highest BCUT2D eigenvalue weighted by Gasteiger charge is 2.36. The zero-order chi connectivity index (χ0) is 17.4. The van der Waals surface area contributed by atoms with Crippen LogP contribution < -0.4 is 5.32 Å². The Hall–Kier alpha value is -2.81. The van der Waals surface area contributed by atoms with E-state index in [0.29, 0.717) is 31.0 Å². The van der Waals surface area contributed by atoms with E-state index in [4.69, 9.17) is 0 Å². The summed E-state index contributed by atoms with van der Waals surface area (Å²) in [5.41, 5.74) is 1.40. The second-order valence-electron chi connectivity index (χ2n) is 6.27. The van der Waals surface area contributed by atoms with Crippen LogP contribution in [0.1, 0.15) is 10.4 Å². The fraction of sp³-hybridized carbons (Fsp3) is 0.438. The van der Waals surface area contributed by atoms with Crippen molar-refractivity contribution in [3.05, 3.63) is 29.8 Å². The van der Waals surface area contributed by atoms with E-state index in [-0.39, 0.29) is 17.9 Å². The number of fused-ring (bicyclic) bond motifs is 1. The molecule has 2 fully saturated rings. The molecule has 0 unspecified atom stereocenters. The van der Waals surface area contributed by atoms with Crippen molar-refractivity contribution in [2.75, 3.05) is 32.7 Å². The highest BCUT2D eigenvalue weighted by molar-refractivity contribution is 5.95. The molecular weight excluding hydrogens is 322 g/mol. The summed E-state index contributed by atoms with van der Waals surface area (Å²) >= 11 is 0. The smallest absolute Gasteiger partial charge is 0.253 e. The Morgan fingerprint density at radius 3 is 2.72 bits per heavy atom. The quantitative estimate of drug-likeness (QED) is 0.763. The number of aromatic nitrogens is 4. The first kappa shape index (κ1) is 15.7. The maximum Gasteiger partial charge on any atom is 0.253 e. The Morgan fingerprint density at radius 1 is 1.20 bits per heavy atom. The second kappa shape index (κ2) is 6.25. The Labute approximate surface area is 144 Å². The number of rotatable bonds is 2. The molecule has 1 atom stereocenters. The van der Waals surface area contributed by atoms with Gasteiger partial charge < -0.3 is 10.2 Å². The molecule has 1 aromatic carbocycles. The van der Waals surface area contributed by atoms with Gasteiger partial charge in [0.15, 0.2) is 0 Å². The molecule has 2 aliphatic rings. The van der Waals surface area contributed by atoms with Gasteiger partial charge in [-0.3, -0.25) is 14.5 Å². The number of hydrogen-bond acceptors (Lipinski definition) is 6. The molecule has 1 N–H and O–H groups in total. The Bertz CT molecular complexity index is 801. The van der Waals surface area contributed by atoms with Crippen LogP contribution in [0.15, 0.2) is 24.3 Å². The first-order valence-electron chi connectivity index (χ1n) is 8.27. The van der Waals surface area contributed by atoms with Crippen molar-refractivity contribution in [1.29, 1.82) is 0 Å². The molecule has 2 aliphatic heterocycles. The van der Waals surface area contributed by atoms with E-state index >= 15 is 0 Å². The van der Waals surface area contributed by atoms with Crippen LogP contribution in [0.2, 0.25) is 0 Å². The van der Waals surface area contributed by atoms with Crippen molar-refractivity contribution in [2.24, 2.45) is 7.05 Å². The molecule has 9 heteroatoms. The van der Waals surface area contributed by atoms with Crippen molar-refractivity contribution in [2.45, 2.75) is 6.04 Å². The van der Waals surface area contributed by atoms with E-state index in [1.807, 2.05) is 12.1 Å². The number of amides is 2. The minimum absolute atomic E-state index is 0.00724. The molecular formula is C16H19N7O2. The SMILES string of the molecule is Cn1nnc(-c2ccc(C(=O)N3CCN4CCNC(=O)[C@@H]4C3)cc2)n1. The number of carbonyl (C=O) groups excluding carboxylic acids is 2. The van der Waals surface area contributed by atoms with Gasteiger partial charge in [0.05, 0.1) is 7.05 Å². The van der Waals surface area contributed by atoms with Crippen LogP contribution >= 0.6 is 0 Å². The molecule has 0 spiro atoms. The van der Waals surface area contributed by atoms with Gasteiger partial charge in [-0.15, -0.1) is 10.2 Å². The van der Waals surface area contributed by atoms with Gasteiger partial charge in [0, 0.05) is 43.9 Å². The zero-order valence-electron chi connectivity index (χ0n) is 13.9. The maximum absolute atomic E-state index is 12.8. The molecule has 130 valence electrons. The summed E-state index contributed by atoms with van der Waals surface area (Å²) < 4.78 is 0. The Morgan fingerprint density at radius 2 is 2.00 bits per heavy atom. The lowest BCUT2D eigenvalue weighted by atomic mass is 10.1. The first-order valence-corrected chi connectivity index (χ1v) is 8.27. The largest absolute Gasteiger partial charge is 0.353 e. The molecule has 2 saturated heterocycles. The minimum atomic E-state index is -0.241. The number of nitrogens with zero attached hydrogens (tertiary/aromatic N) is 6. The highest BCUT2D eigenvalue weighted by atomic mass is 16.2. The molecule has 2 aromatic rings. The van der Waals surface area contributed by atoms with Gasteiger partial charge in [-0.05, 0) is 17.3 Å². The maximum atomic E-state index is 12.8. The van der Waals surface area contributed by atoms with Gasteiger partial charge in [0.2, 0.25) is 11.7 Å². The fourth-order valence-corrected chi connectivity index (χ4v) is 3.31. The van der Waals surface area contributed by atoms with Crippen LogP contribution in [0.5, 0.6) is 0 Å². The molecule has 0 bridgehead atoms. The number of nitrogens with one attached hydrogen (secondary N) is 1. The van der Waals surface area contributed by atoms with Crippen LogP contribution in [0.4, 0.5) is 0 Å². The predicted octanol–water partition coefficient (Wildman–Crippen LogP) is -0.867. The van der Waals surface area contributed by atoms with E-state index in [2.05, 4.69) is 25.6 Å². The standard InChI is InChI=1S/C16H19N7O2/c1-21-19-14(18-20-21)11-2-4-12(5-3-11)16(25)23-9-8-22-7-6-17-15(24)13(22)10-23/h2-5,13H,6-10H2,1H3,(H,17,24)/t13-/m0/s1. The van der Waals surface area contributed by atoms with Gasteiger partial charge in [-0.2, -0.15) is 4.80 Å². The second-order valence-corrected chi connectivity index (χ2v) is 6.27.